The lowest BCUT2D eigenvalue weighted by Crippen LogP contribution is -2.63. The van der Waals surface area contributed by atoms with Crippen molar-refractivity contribution < 1.29 is 43.5 Å². The fourth-order valence-corrected chi connectivity index (χ4v) is 5.26. The number of aromatic hydroxyl groups is 1. The van der Waals surface area contributed by atoms with Crippen LogP contribution in [0.4, 0.5) is 5.69 Å². The minimum absolute atomic E-state index is 0.0610. The Morgan fingerprint density at radius 1 is 0.953 bits per heavy atom. The first-order valence-corrected chi connectivity index (χ1v) is 13.5. The van der Waals surface area contributed by atoms with Crippen molar-refractivity contribution in [3.63, 3.8) is 0 Å². The summed E-state index contributed by atoms with van der Waals surface area (Å²) in [7, 11) is 2.94. The molecule has 1 aromatic heterocycles. The second kappa shape index (κ2) is 11.7. The van der Waals surface area contributed by atoms with Gasteiger partial charge in [-0.15, -0.1) is 0 Å². The van der Waals surface area contributed by atoms with Gasteiger partial charge in [-0.3, -0.25) is 4.79 Å². The number of benzene rings is 3. The number of aliphatic hydroxyl groups excluding tert-OH is 2. The van der Waals surface area contributed by atoms with Gasteiger partial charge in [0.15, 0.2) is 0 Å². The SMILES string of the molecule is COc1ccc(C(=O)Nc2cc3ccc(O[C@@H]4OC(C)(C)[C@H](OC)[C@@H](O)[C@H]4O)c(C)c3oc2=O)cc1-c1ccc(O)cc1. The Morgan fingerprint density at radius 2 is 1.65 bits per heavy atom. The average Bonchev–Trinajstić information content (AvgIpc) is 2.98. The summed E-state index contributed by atoms with van der Waals surface area (Å²) in [5, 5.41) is 33.9. The van der Waals surface area contributed by atoms with Crippen LogP contribution in [0.1, 0.15) is 29.8 Å². The molecule has 4 N–H and O–H groups in total. The van der Waals surface area contributed by atoms with Crippen molar-refractivity contribution in [2.24, 2.45) is 0 Å². The number of carbonyl (C=O) groups is 1. The summed E-state index contributed by atoms with van der Waals surface area (Å²) < 4.78 is 28.2. The first-order chi connectivity index (χ1) is 20.4. The van der Waals surface area contributed by atoms with Gasteiger partial charge in [0.2, 0.25) is 6.29 Å². The smallest absolute Gasteiger partial charge is 0.360 e. The first-order valence-electron chi connectivity index (χ1n) is 13.5. The second-order valence-corrected chi connectivity index (χ2v) is 10.8. The number of phenolic OH excluding ortho intramolecular Hbond substituents is 1. The van der Waals surface area contributed by atoms with E-state index in [0.29, 0.717) is 22.3 Å². The molecule has 11 nitrogen and oxygen atoms in total. The van der Waals surface area contributed by atoms with Crippen molar-refractivity contribution in [1.82, 2.24) is 0 Å². The molecule has 1 aliphatic heterocycles. The number of methoxy groups -OCH3 is 2. The van der Waals surface area contributed by atoms with Gasteiger partial charge in [0.1, 0.15) is 46.8 Å². The first kappa shape index (κ1) is 30.1. The van der Waals surface area contributed by atoms with E-state index in [2.05, 4.69) is 5.32 Å². The third kappa shape index (κ3) is 5.80. The molecule has 5 rings (SSSR count). The van der Waals surface area contributed by atoms with Gasteiger partial charge in [-0.25, -0.2) is 4.79 Å². The lowest BCUT2D eigenvalue weighted by Gasteiger charge is -2.46. The van der Waals surface area contributed by atoms with Crippen molar-refractivity contribution in [2.75, 3.05) is 19.5 Å². The van der Waals surface area contributed by atoms with Gasteiger partial charge in [0.25, 0.3) is 5.91 Å². The zero-order valence-corrected chi connectivity index (χ0v) is 24.3. The van der Waals surface area contributed by atoms with Gasteiger partial charge in [-0.05, 0) is 74.9 Å². The predicted octanol–water partition coefficient (Wildman–Crippen LogP) is 3.99. The molecule has 4 atom stereocenters. The number of carbonyl (C=O) groups excluding carboxylic acids is 1. The van der Waals surface area contributed by atoms with E-state index in [9.17, 15) is 24.9 Å². The topological polar surface area (TPSA) is 157 Å². The van der Waals surface area contributed by atoms with E-state index in [0.717, 1.165) is 5.56 Å². The number of amides is 1. The molecule has 1 amide bonds. The molecule has 1 fully saturated rings. The average molecular weight is 592 g/mol. The molecular formula is C32H33NO10. The molecule has 1 saturated heterocycles. The summed E-state index contributed by atoms with van der Waals surface area (Å²) >= 11 is 0. The van der Waals surface area contributed by atoms with Crippen LogP contribution in [0.5, 0.6) is 17.2 Å². The van der Waals surface area contributed by atoms with Crippen molar-refractivity contribution in [3.05, 3.63) is 82.2 Å². The Bertz CT molecular complexity index is 1710. The number of rotatable bonds is 7. The number of aryl methyl sites for hydroxylation is 1. The minimum atomic E-state index is -1.40. The molecular weight excluding hydrogens is 558 g/mol. The Hall–Kier alpha value is -4.42. The van der Waals surface area contributed by atoms with Crippen LogP contribution in [-0.2, 0) is 9.47 Å². The highest BCUT2D eigenvalue weighted by Gasteiger charge is 2.50. The van der Waals surface area contributed by atoms with E-state index in [-0.39, 0.29) is 28.3 Å². The minimum Gasteiger partial charge on any atom is -0.508 e. The van der Waals surface area contributed by atoms with E-state index in [4.69, 9.17) is 23.4 Å². The van der Waals surface area contributed by atoms with Gasteiger partial charge in [0, 0.05) is 29.2 Å². The van der Waals surface area contributed by atoms with E-state index in [1.54, 1.807) is 63.2 Å². The molecule has 0 unspecified atom stereocenters. The van der Waals surface area contributed by atoms with Crippen LogP contribution in [0, 0.1) is 6.92 Å². The highest BCUT2D eigenvalue weighted by molar-refractivity contribution is 6.05. The molecule has 43 heavy (non-hydrogen) atoms. The van der Waals surface area contributed by atoms with Crippen LogP contribution in [0.2, 0.25) is 0 Å². The maximum atomic E-state index is 13.2. The number of aliphatic hydroxyl groups is 2. The summed E-state index contributed by atoms with van der Waals surface area (Å²) in [6.45, 7) is 5.11. The molecule has 3 aromatic carbocycles. The quantitative estimate of drug-likeness (QED) is 0.232. The van der Waals surface area contributed by atoms with Gasteiger partial charge in [-0.1, -0.05) is 12.1 Å². The summed E-state index contributed by atoms with van der Waals surface area (Å²) in [5.41, 5.74) is 0.510. The van der Waals surface area contributed by atoms with Gasteiger partial charge in [-0.2, -0.15) is 0 Å². The number of anilines is 1. The Labute approximate surface area is 247 Å². The fourth-order valence-electron chi connectivity index (χ4n) is 5.26. The van der Waals surface area contributed by atoms with Crippen molar-refractivity contribution >= 4 is 22.6 Å². The predicted molar refractivity (Wildman–Crippen MR) is 158 cm³/mol. The highest BCUT2D eigenvalue weighted by Crippen LogP contribution is 2.35. The Balaban J connectivity index is 1.39. The fraction of sp³-hybridized carbons (Fsp3) is 0.312. The van der Waals surface area contributed by atoms with Crippen LogP contribution in [0.25, 0.3) is 22.1 Å². The maximum Gasteiger partial charge on any atom is 0.360 e. The van der Waals surface area contributed by atoms with Gasteiger partial charge in [0.05, 0.1) is 12.7 Å². The molecule has 11 heteroatoms. The summed E-state index contributed by atoms with van der Waals surface area (Å²) in [5.74, 6) is 0.375. The van der Waals surface area contributed by atoms with Crippen molar-refractivity contribution in [2.45, 2.75) is 51.0 Å². The lowest BCUT2D eigenvalue weighted by atomic mass is 9.89. The van der Waals surface area contributed by atoms with E-state index in [1.165, 1.54) is 32.4 Å². The molecule has 226 valence electrons. The summed E-state index contributed by atoms with van der Waals surface area (Å²) in [6.07, 6.45) is -4.64. The highest BCUT2D eigenvalue weighted by atomic mass is 16.7. The lowest BCUT2D eigenvalue weighted by molar-refractivity contribution is -0.306. The number of hydrogen-bond donors (Lipinski definition) is 4. The Kier molecular flexibility index (Phi) is 8.17. The van der Waals surface area contributed by atoms with Crippen LogP contribution in [0.15, 0.2) is 69.9 Å². The van der Waals surface area contributed by atoms with Crippen LogP contribution >= 0.6 is 0 Å². The maximum absolute atomic E-state index is 13.2. The zero-order valence-electron chi connectivity index (χ0n) is 24.3. The molecule has 0 aliphatic carbocycles. The normalized spacial score (nSPS) is 21.4. The Morgan fingerprint density at radius 3 is 2.33 bits per heavy atom. The number of phenols is 1. The molecule has 2 heterocycles. The van der Waals surface area contributed by atoms with E-state index < -0.39 is 41.7 Å². The van der Waals surface area contributed by atoms with Crippen LogP contribution in [0.3, 0.4) is 0 Å². The van der Waals surface area contributed by atoms with E-state index in [1.807, 2.05) is 0 Å². The molecule has 0 radical (unpaired) electrons. The molecule has 0 bridgehead atoms. The third-order valence-corrected chi connectivity index (χ3v) is 7.53. The standard InChI is InChI=1S/C32H33NO10/c1-16-23(41-31-26(36)25(35)28(40-5)32(2,3)43-31)12-8-18-15-22(30(38)42-27(16)18)33-29(37)19-9-13-24(39-4)21(14-19)17-6-10-20(34)11-7-17/h6-15,25-26,28,31,34-36H,1-5H3,(H,33,37)/t25-,26+,28+,31+/m0/s1. The molecule has 0 saturated carbocycles. The summed E-state index contributed by atoms with van der Waals surface area (Å²) in [4.78, 5) is 26.1. The largest absolute Gasteiger partial charge is 0.508 e. The second-order valence-electron chi connectivity index (χ2n) is 10.8. The van der Waals surface area contributed by atoms with E-state index >= 15 is 0 Å². The van der Waals surface area contributed by atoms with Crippen LogP contribution in [-0.4, -0.2) is 65.6 Å². The van der Waals surface area contributed by atoms with Crippen molar-refractivity contribution in [1.29, 1.82) is 0 Å². The number of hydrogen-bond acceptors (Lipinski definition) is 10. The monoisotopic (exact) mass is 591 g/mol. The zero-order chi connectivity index (χ0) is 31.1. The number of ether oxygens (including phenoxy) is 4. The van der Waals surface area contributed by atoms with Crippen molar-refractivity contribution in [3.8, 4) is 28.4 Å². The van der Waals surface area contributed by atoms with Crippen LogP contribution < -0.4 is 20.4 Å². The number of nitrogens with one attached hydrogen (secondary N) is 1. The molecule has 1 aliphatic rings. The number of fused-ring (bicyclic) bond motifs is 1. The van der Waals surface area contributed by atoms with Gasteiger partial charge < -0.3 is 44.0 Å². The molecule has 0 spiro atoms. The third-order valence-electron chi connectivity index (χ3n) is 7.53. The summed E-state index contributed by atoms with van der Waals surface area (Å²) in [6, 6.07) is 16.1. The molecule has 4 aromatic rings. The van der Waals surface area contributed by atoms with Gasteiger partial charge >= 0.3 is 5.63 Å².